The highest BCUT2D eigenvalue weighted by Gasteiger charge is 2.12. The lowest BCUT2D eigenvalue weighted by Crippen LogP contribution is -2.35. The van der Waals surface area contributed by atoms with Gasteiger partial charge in [0.2, 0.25) is 0 Å². The Hall–Kier alpha value is -1.75. The van der Waals surface area contributed by atoms with Crippen molar-refractivity contribution in [2.45, 2.75) is 60.4 Å². The van der Waals surface area contributed by atoms with Crippen molar-refractivity contribution < 1.29 is 0 Å². The summed E-state index contributed by atoms with van der Waals surface area (Å²) in [5.41, 5.74) is 3.95. The van der Waals surface area contributed by atoms with Gasteiger partial charge in [0.05, 0.1) is 5.54 Å². The summed E-state index contributed by atoms with van der Waals surface area (Å²) in [7, 11) is 0. The molecule has 0 unspecified atom stereocenters. The highest BCUT2D eigenvalue weighted by atomic mass is 14.9. The van der Waals surface area contributed by atoms with Crippen molar-refractivity contribution in [3.8, 4) is 11.8 Å². The number of pyridine rings is 1. The second kappa shape index (κ2) is 8.43. The van der Waals surface area contributed by atoms with Gasteiger partial charge in [-0.1, -0.05) is 39.2 Å². The van der Waals surface area contributed by atoms with Gasteiger partial charge in [0, 0.05) is 23.2 Å². The normalized spacial score (nSPS) is 9.75. The molecular formula is C18H28N2. The minimum atomic E-state index is -0.275. The highest BCUT2D eigenvalue weighted by molar-refractivity contribution is 5.38. The molecule has 1 aromatic rings. The van der Waals surface area contributed by atoms with Crippen molar-refractivity contribution in [3.63, 3.8) is 0 Å². The fraction of sp³-hybridized carbons (Fsp3) is 0.500. The van der Waals surface area contributed by atoms with E-state index in [2.05, 4.69) is 48.6 Å². The molecule has 0 spiro atoms. The van der Waals surface area contributed by atoms with E-state index in [1.807, 2.05) is 40.8 Å². The van der Waals surface area contributed by atoms with Gasteiger partial charge in [0.1, 0.15) is 0 Å². The number of nitrogens with zero attached hydrogens (tertiary/aromatic N) is 1. The van der Waals surface area contributed by atoms with Crippen LogP contribution >= 0.6 is 0 Å². The van der Waals surface area contributed by atoms with Gasteiger partial charge >= 0.3 is 0 Å². The first-order valence-corrected chi connectivity index (χ1v) is 7.26. The number of aryl methyl sites for hydroxylation is 2. The Balaban J connectivity index is 0.00000172. The topological polar surface area (TPSA) is 24.9 Å². The molecule has 0 aromatic carbocycles. The van der Waals surface area contributed by atoms with Gasteiger partial charge in [-0.2, -0.15) is 0 Å². The smallest absolute Gasteiger partial charge is 0.0931 e. The van der Waals surface area contributed by atoms with Crippen LogP contribution in [0, 0.1) is 18.8 Å². The van der Waals surface area contributed by atoms with Crippen molar-refractivity contribution >= 4 is 0 Å². The molecule has 1 rings (SSSR count). The van der Waals surface area contributed by atoms with Gasteiger partial charge in [0.15, 0.2) is 0 Å². The Morgan fingerprint density at radius 3 is 2.45 bits per heavy atom. The van der Waals surface area contributed by atoms with E-state index >= 15 is 0 Å². The third-order valence-electron chi connectivity index (χ3n) is 2.57. The maximum Gasteiger partial charge on any atom is 0.0931 e. The molecule has 2 nitrogen and oxygen atoms in total. The van der Waals surface area contributed by atoms with Gasteiger partial charge in [0.25, 0.3) is 0 Å². The second-order valence-electron chi connectivity index (χ2n) is 5.12. The van der Waals surface area contributed by atoms with Crippen LogP contribution in [0.2, 0.25) is 0 Å². The monoisotopic (exact) mass is 272 g/mol. The lowest BCUT2D eigenvalue weighted by atomic mass is 10.0. The number of aromatic nitrogens is 1. The average Bonchev–Trinajstić information content (AvgIpc) is 2.37. The van der Waals surface area contributed by atoms with E-state index in [0.717, 1.165) is 23.4 Å². The molecule has 2 heteroatoms. The van der Waals surface area contributed by atoms with E-state index in [1.54, 1.807) is 0 Å². The molecule has 1 N–H and O–H groups in total. The molecule has 0 saturated carbocycles. The lowest BCUT2D eigenvalue weighted by molar-refractivity contribution is 0.553. The van der Waals surface area contributed by atoms with E-state index in [9.17, 15) is 0 Å². The fourth-order valence-electron chi connectivity index (χ4n) is 1.83. The van der Waals surface area contributed by atoms with Crippen LogP contribution in [-0.4, -0.2) is 10.5 Å². The van der Waals surface area contributed by atoms with Crippen LogP contribution in [0.1, 0.15) is 58.4 Å². The zero-order valence-electron chi connectivity index (χ0n) is 14.0. The van der Waals surface area contributed by atoms with E-state index in [1.165, 1.54) is 5.56 Å². The first kappa shape index (κ1) is 18.2. The van der Waals surface area contributed by atoms with E-state index in [-0.39, 0.29) is 5.54 Å². The molecule has 1 heterocycles. The fourth-order valence-corrected chi connectivity index (χ4v) is 1.83. The number of hydrogen-bond acceptors (Lipinski definition) is 2. The lowest BCUT2D eigenvalue weighted by Gasteiger charge is -2.20. The van der Waals surface area contributed by atoms with Gasteiger partial charge in [-0.05, 0) is 45.7 Å². The Labute approximate surface area is 124 Å². The molecule has 1 aromatic heterocycles. The van der Waals surface area contributed by atoms with Crippen LogP contribution in [0.15, 0.2) is 24.5 Å². The molecule has 0 saturated heterocycles. The zero-order valence-corrected chi connectivity index (χ0v) is 14.0. The average molecular weight is 272 g/mol. The van der Waals surface area contributed by atoms with Crippen LogP contribution in [0.4, 0.5) is 0 Å². The number of hydrogen-bond donors (Lipinski definition) is 1. The zero-order chi connectivity index (χ0) is 15.8. The first-order chi connectivity index (χ1) is 9.34. The van der Waals surface area contributed by atoms with Crippen LogP contribution in [0.25, 0.3) is 0 Å². The molecule has 0 aliphatic carbocycles. The molecule has 110 valence electrons. The first-order valence-electron chi connectivity index (χ1n) is 7.26. The second-order valence-corrected chi connectivity index (χ2v) is 5.12. The minimum Gasteiger partial charge on any atom is -0.374 e. The molecule has 0 aliphatic rings. The summed E-state index contributed by atoms with van der Waals surface area (Å²) in [6, 6.07) is 2.09. The van der Waals surface area contributed by atoms with E-state index in [4.69, 9.17) is 0 Å². The summed E-state index contributed by atoms with van der Waals surface area (Å²) in [4.78, 5) is 4.42. The highest BCUT2D eigenvalue weighted by Crippen LogP contribution is 2.08. The van der Waals surface area contributed by atoms with Gasteiger partial charge in [-0.15, -0.1) is 0 Å². The molecule has 0 atom stereocenters. The number of nitrogens with one attached hydrogen (secondary N) is 1. The van der Waals surface area contributed by atoms with Gasteiger partial charge < -0.3 is 5.32 Å². The number of allylic oxidation sites excluding steroid dienone is 1. The van der Waals surface area contributed by atoms with Crippen molar-refractivity contribution in [2.24, 2.45) is 0 Å². The summed E-state index contributed by atoms with van der Waals surface area (Å²) in [5, 5.41) is 3.24. The Kier molecular flexibility index (Phi) is 7.69. The summed E-state index contributed by atoms with van der Waals surface area (Å²) in [6.07, 6.45) is 2.80. The Bertz CT molecular complexity index is 502. The van der Waals surface area contributed by atoms with Crippen LogP contribution in [0.3, 0.4) is 0 Å². The third-order valence-corrected chi connectivity index (χ3v) is 2.57. The Morgan fingerprint density at radius 1 is 1.40 bits per heavy atom. The summed E-state index contributed by atoms with van der Waals surface area (Å²) in [6.45, 7) is 18.0. The maximum atomic E-state index is 4.42. The van der Waals surface area contributed by atoms with Crippen LogP contribution in [0.5, 0.6) is 0 Å². The van der Waals surface area contributed by atoms with Crippen LogP contribution in [-0.2, 0) is 6.42 Å². The predicted octanol–water partition coefficient (Wildman–Crippen LogP) is 4.23. The molecule has 0 amide bonds. The standard InChI is InChI=1S/C16H22N2.C2H6/c1-7-15-13(4)10-14(11-17-15)8-9-16(5,6)18-12(2)3;1-2/h10-11,18H,2,7H2,1,3-6H3;1-2H3. The predicted molar refractivity (Wildman–Crippen MR) is 88.6 cm³/mol. The third kappa shape index (κ3) is 6.43. The molecule has 20 heavy (non-hydrogen) atoms. The summed E-state index contributed by atoms with van der Waals surface area (Å²) in [5.74, 6) is 6.38. The molecular weight excluding hydrogens is 244 g/mol. The van der Waals surface area contributed by atoms with E-state index in [0.29, 0.717) is 0 Å². The quantitative estimate of drug-likeness (QED) is 0.833. The summed E-state index contributed by atoms with van der Waals surface area (Å²) >= 11 is 0. The number of rotatable bonds is 3. The molecule has 0 radical (unpaired) electrons. The van der Waals surface area contributed by atoms with Gasteiger partial charge in [-0.25, -0.2) is 0 Å². The van der Waals surface area contributed by atoms with Crippen molar-refractivity contribution in [3.05, 3.63) is 41.4 Å². The minimum absolute atomic E-state index is 0.275. The summed E-state index contributed by atoms with van der Waals surface area (Å²) < 4.78 is 0. The maximum absolute atomic E-state index is 4.42. The molecule has 0 fully saturated rings. The van der Waals surface area contributed by atoms with Crippen molar-refractivity contribution in [1.29, 1.82) is 0 Å². The molecule has 0 aliphatic heterocycles. The van der Waals surface area contributed by atoms with Gasteiger partial charge in [-0.3, -0.25) is 4.98 Å². The Morgan fingerprint density at radius 2 is 2.00 bits per heavy atom. The van der Waals surface area contributed by atoms with Crippen molar-refractivity contribution in [2.75, 3.05) is 0 Å². The largest absolute Gasteiger partial charge is 0.374 e. The SMILES string of the molecule is C=C(C)NC(C)(C)C#Cc1cnc(CC)c(C)c1.CC. The van der Waals surface area contributed by atoms with Crippen LogP contribution < -0.4 is 5.32 Å². The van der Waals surface area contributed by atoms with E-state index < -0.39 is 0 Å². The van der Waals surface area contributed by atoms with Crippen molar-refractivity contribution in [1.82, 2.24) is 10.3 Å². The molecule has 0 bridgehead atoms.